The first-order valence-electron chi connectivity index (χ1n) is 6.67. The van der Waals surface area contributed by atoms with Crippen molar-refractivity contribution in [2.24, 2.45) is 0 Å². The molecule has 21 heavy (non-hydrogen) atoms. The van der Waals surface area contributed by atoms with E-state index in [4.69, 9.17) is 13.9 Å². The normalized spacial score (nSPS) is 31.7. The molecule has 1 N–H and O–H groups in total. The van der Waals surface area contributed by atoms with Gasteiger partial charge in [0.15, 0.2) is 0 Å². The van der Waals surface area contributed by atoms with Gasteiger partial charge in [-0.1, -0.05) is 11.8 Å². The summed E-state index contributed by atoms with van der Waals surface area (Å²) in [7, 11) is 0. The number of fused-ring (bicyclic) bond motifs is 1. The first-order chi connectivity index (χ1) is 10.3. The molecule has 2 aromatic heterocycles. The van der Waals surface area contributed by atoms with Gasteiger partial charge in [-0.25, -0.2) is 4.68 Å². The lowest BCUT2D eigenvalue weighted by atomic mass is 10.1. The molecular formula is C12H14N4O4S. The number of aromatic nitrogens is 4. The molecule has 2 aliphatic rings. The summed E-state index contributed by atoms with van der Waals surface area (Å²) in [5.41, 5.74) is 0. The molecule has 2 aromatic rings. The Morgan fingerprint density at radius 2 is 2.24 bits per heavy atom. The van der Waals surface area contributed by atoms with Gasteiger partial charge in [0.2, 0.25) is 5.16 Å². The molecule has 0 aliphatic carbocycles. The average molecular weight is 310 g/mol. The second-order valence-electron chi connectivity index (χ2n) is 5.00. The maximum atomic E-state index is 9.78. The minimum Gasteiger partial charge on any atom is -0.468 e. The van der Waals surface area contributed by atoms with Crippen LogP contribution in [0.1, 0.15) is 11.8 Å². The maximum Gasteiger partial charge on any atom is 0.210 e. The first kappa shape index (κ1) is 13.3. The third-order valence-electron chi connectivity index (χ3n) is 3.70. The summed E-state index contributed by atoms with van der Waals surface area (Å²) in [4.78, 5) is 0. The summed E-state index contributed by atoms with van der Waals surface area (Å²) < 4.78 is 18.2. The minimum absolute atomic E-state index is 0.110. The third kappa shape index (κ3) is 2.35. The third-order valence-corrected chi connectivity index (χ3v) is 4.66. The topological polar surface area (TPSA) is 95.4 Å². The van der Waals surface area contributed by atoms with Crippen LogP contribution in [0.15, 0.2) is 28.0 Å². The van der Waals surface area contributed by atoms with Crippen LogP contribution in [-0.2, 0) is 15.2 Å². The first-order valence-corrected chi connectivity index (χ1v) is 7.66. The lowest BCUT2D eigenvalue weighted by molar-refractivity contribution is 0.0167. The van der Waals surface area contributed by atoms with Crippen LogP contribution in [-0.4, -0.2) is 56.8 Å². The molecule has 4 heterocycles. The molecular weight excluding hydrogens is 296 g/mol. The highest BCUT2D eigenvalue weighted by Crippen LogP contribution is 2.35. The van der Waals surface area contributed by atoms with Crippen LogP contribution in [0.4, 0.5) is 0 Å². The van der Waals surface area contributed by atoms with Crippen molar-refractivity contribution in [1.82, 2.24) is 20.2 Å². The highest BCUT2D eigenvalue weighted by Gasteiger charge is 2.49. The summed E-state index contributed by atoms with van der Waals surface area (Å²) in [6.45, 7) is 0.731. The van der Waals surface area contributed by atoms with E-state index in [9.17, 15) is 5.11 Å². The van der Waals surface area contributed by atoms with E-state index in [2.05, 4.69) is 15.5 Å². The quantitative estimate of drug-likeness (QED) is 0.803. The van der Waals surface area contributed by atoms with Gasteiger partial charge in [-0.15, -0.1) is 5.10 Å². The number of aliphatic hydroxyl groups excluding tert-OH is 1. The number of thioether (sulfide) groups is 1. The molecule has 2 saturated heterocycles. The van der Waals surface area contributed by atoms with Crippen LogP contribution >= 0.6 is 11.8 Å². The molecule has 0 aromatic carbocycles. The molecule has 0 bridgehead atoms. The Morgan fingerprint density at radius 3 is 3.10 bits per heavy atom. The zero-order valence-electron chi connectivity index (χ0n) is 11.0. The number of hydrogen-bond donors (Lipinski definition) is 1. The predicted molar refractivity (Wildman–Crippen MR) is 70.6 cm³/mol. The van der Waals surface area contributed by atoms with Crippen molar-refractivity contribution >= 4 is 11.8 Å². The van der Waals surface area contributed by atoms with Crippen molar-refractivity contribution in [3.05, 3.63) is 24.2 Å². The number of tetrazole rings is 1. The molecule has 4 atom stereocenters. The Morgan fingerprint density at radius 1 is 1.33 bits per heavy atom. The Kier molecular flexibility index (Phi) is 3.42. The van der Waals surface area contributed by atoms with Gasteiger partial charge in [0.05, 0.1) is 25.2 Å². The van der Waals surface area contributed by atoms with Gasteiger partial charge in [0.1, 0.15) is 30.1 Å². The van der Waals surface area contributed by atoms with Crippen LogP contribution in [0.2, 0.25) is 0 Å². The van der Waals surface area contributed by atoms with Crippen LogP contribution in [0.3, 0.4) is 0 Å². The van der Waals surface area contributed by atoms with E-state index in [-0.39, 0.29) is 18.2 Å². The number of hydrogen-bond acceptors (Lipinski definition) is 8. The van der Waals surface area contributed by atoms with Crippen molar-refractivity contribution < 1.29 is 19.0 Å². The summed E-state index contributed by atoms with van der Waals surface area (Å²) in [6.07, 6.45) is 0.575. The summed E-state index contributed by atoms with van der Waals surface area (Å²) >= 11 is 1.49. The number of aliphatic hydroxyl groups is 1. The van der Waals surface area contributed by atoms with Crippen LogP contribution < -0.4 is 0 Å². The largest absolute Gasteiger partial charge is 0.468 e. The summed E-state index contributed by atoms with van der Waals surface area (Å²) in [6, 6.07) is 3.65. The molecule has 112 valence electrons. The fraction of sp³-hybridized carbons (Fsp3) is 0.583. The SMILES string of the molecule is O[C@@H]1CO[C@H]2[C@@H]1OC[C@@H]2n1nnnc1SCc1ccco1. The van der Waals surface area contributed by atoms with Crippen LogP contribution in [0.25, 0.3) is 0 Å². The smallest absolute Gasteiger partial charge is 0.210 e. The van der Waals surface area contributed by atoms with Crippen molar-refractivity contribution in [3.8, 4) is 0 Å². The number of rotatable bonds is 4. The van der Waals surface area contributed by atoms with E-state index >= 15 is 0 Å². The van der Waals surface area contributed by atoms with E-state index in [0.717, 1.165) is 5.76 Å². The van der Waals surface area contributed by atoms with E-state index in [0.29, 0.717) is 24.1 Å². The van der Waals surface area contributed by atoms with Gasteiger partial charge < -0.3 is 19.0 Å². The van der Waals surface area contributed by atoms with E-state index in [1.54, 1.807) is 10.9 Å². The monoisotopic (exact) mass is 310 g/mol. The van der Waals surface area contributed by atoms with Crippen molar-refractivity contribution in [3.63, 3.8) is 0 Å². The minimum atomic E-state index is -0.573. The molecule has 0 amide bonds. The Hall–Kier alpha value is -1.42. The van der Waals surface area contributed by atoms with Gasteiger partial charge >= 0.3 is 0 Å². The van der Waals surface area contributed by atoms with E-state index in [1.165, 1.54) is 11.8 Å². The van der Waals surface area contributed by atoms with Crippen molar-refractivity contribution in [2.45, 2.75) is 35.3 Å². The molecule has 0 radical (unpaired) electrons. The second-order valence-corrected chi connectivity index (χ2v) is 5.95. The summed E-state index contributed by atoms with van der Waals surface area (Å²) in [5, 5.41) is 22.3. The number of nitrogens with zero attached hydrogens (tertiary/aromatic N) is 4. The van der Waals surface area contributed by atoms with Crippen molar-refractivity contribution in [2.75, 3.05) is 13.2 Å². The van der Waals surface area contributed by atoms with Gasteiger partial charge in [-0.05, 0) is 22.6 Å². The van der Waals surface area contributed by atoms with Gasteiger partial charge in [0.25, 0.3) is 0 Å². The highest BCUT2D eigenvalue weighted by molar-refractivity contribution is 7.98. The molecule has 0 unspecified atom stereocenters. The molecule has 0 saturated carbocycles. The van der Waals surface area contributed by atoms with Gasteiger partial charge in [-0.3, -0.25) is 0 Å². The second kappa shape index (κ2) is 5.41. The van der Waals surface area contributed by atoms with Crippen LogP contribution in [0, 0.1) is 0 Å². The Labute approximate surface area is 124 Å². The molecule has 8 nitrogen and oxygen atoms in total. The standard InChI is InChI=1S/C12H14N4O4S/c17-9-5-20-10-8(4-19-11(9)10)16-12(13-14-15-16)21-6-7-2-1-3-18-7/h1-3,8-11,17H,4-6H2/t8-,9+,10+,11+/m0/s1. The Balaban J connectivity index is 1.50. The lowest BCUT2D eigenvalue weighted by Crippen LogP contribution is -2.30. The van der Waals surface area contributed by atoms with Gasteiger partial charge in [0, 0.05) is 0 Å². The molecule has 2 aliphatic heterocycles. The van der Waals surface area contributed by atoms with Crippen molar-refractivity contribution in [1.29, 1.82) is 0 Å². The number of furan rings is 1. The van der Waals surface area contributed by atoms with Gasteiger partial charge in [-0.2, -0.15) is 0 Å². The molecule has 4 rings (SSSR count). The van der Waals surface area contributed by atoms with Crippen LogP contribution in [0.5, 0.6) is 0 Å². The fourth-order valence-corrected chi connectivity index (χ4v) is 3.52. The zero-order valence-corrected chi connectivity index (χ0v) is 11.8. The fourth-order valence-electron chi connectivity index (χ4n) is 2.69. The maximum absolute atomic E-state index is 9.78. The molecule has 9 heteroatoms. The van der Waals surface area contributed by atoms with E-state index < -0.39 is 6.10 Å². The number of ether oxygens (including phenoxy) is 2. The molecule has 2 fully saturated rings. The van der Waals surface area contributed by atoms with E-state index in [1.807, 2.05) is 12.1 Å². The average Bonchev–Trinajstić information content (AvgIpc) is 3.23. The Bertz CT molecular complexity index is 604. The molecule has 0 spiro atoms. The lowest BCUT2D eigenvalue weighted by Gasteiger charge is -2.16. The highest BCUT2D eigenvalue weighted by atomic mass is 32.2. The predicted octanol–water partition coefficient (Wildman–Crippen LogP) is 0.258. The summed E-state index contributed by atoms with van der Waals surface area (Å²) in [5.74, 6) is 1.51. The zero-order chi connectivity index (χ0) is 14.2.